The van der Waals surface area contributed by atoms with Gasteiger partial charge in [0.1, 0.15) is 11.0 Å². The van der Waals surface area contributed by atoms with Gasteiger partial charge in [0, 0.05) is 0 Å². The fourth-order valence-electron chi connectivity index (χ4n) is 0.857. The van der Waals surface area contributed by atoms with Crippen molar-refractivity contribution in [2.75, 3.05) is 0 Å². The number of hydrogen-bond donors (Lipinski definition) is 3. The van der Waals surface area contributed by atoms with E-state index in [4.69, 9.17) is 10.0 Å². The maximum atomic E-state index is 9.00. The summed E-state index contributed by atoms with van der Waals surface area (Å²) in [5.74, 6) is 0. The van der Waals surface area contributed by atoms with Crippen molar-refractivity contribution in [3.8, 4) is 0 Å². The summed E-state index contributed by atoms with van der Waals surface area (Å²) in [4.78, 5) is 9.76. The minimum Gasteiger partial charge on any atom is -0.410 e. The van der Waals surface area contributed by atoms with Crippen LogP contribution in [-0.2, 0) is 0 Å². The third kappa shape index (κ3) is 2.34. The van der Waals surface area contributed by atoms with Gasteiger partial charge in [0.2, 0.25) is 0 Å². The number of nitrogens with two attached hydrogens (primary N) is 2. The van der Waals surface area contributed by atoms with Gasteiger partial charge in [0.25, 0.3) is 0 Å². The molecule has 2 aromatic rings. The molecule has 0 unspecified atom stereocenters. The Balaban J connectivity index is 0.000000213. The number of amides is 2. The fraction of sp³-hybridized carbons (Fsp3) is 0. The Morgan fingerprint density at radius 1 is 1.36 bits per heavy atom. The quantitative estimate of drug-likeness (QED) is 0.499. The lowest BCUT2D eigenvalue weighted by molar-refractivity contribution is 0.155. The number of primary amides is 2. The first-order chi connectivity index (χ1) is 6.61. The van der Waals surface area contributed by atoms with Crippen LogP contribution in [0.2, 0.25) is 0 Å². The van der Waals surface area contributed by atoms with E-state index in [0.717, 1.165) is 4.85 Å². The Morgan fingerprint density at radius 2 is 1.93 bits per heavy atom. The van der Waals surface area contributed by atoms with Crippen molar-refractivity contribution in [1.82, 2.24) is 15.2 Å². The van der Waals surface area contributed by atoms with Gasteiger partial charge in [-0.1, -0.05) is 17.0 Å². The van der Waals surface area contributed by atoms with E-state index >= 15 is 0 Å². The zero-order valence-corrected chi connectivity index (χ0v) is 7.16. The van der Waals surface area contributed by atoms with Crippen LogP contribution < -0.4 is 11.5 Å². The van der Waals surface area contributed by atoms with Gasteiger partial charge in [0.05, 0.1) is 0 Å². The highest BCUT2D eigenvalue weighted by atomic mass is 16.5. The molecule has 2 rings (SSSR count). The SMILES string of the molecule is NC(N)=O.On1nnc2ccccc21. The summed E-state index contributed by atoms with van der Waals surface area (Å²) in [6.45, 7) is 0. The van der Waals surface area contributed by atoms with Gasteiger partial charge in [-0.3, -0.25) is 0 Å². The largest absolute Gasteiger partial charge is 0.410 e. The van der Waals surface area contributed by atoms with Gasteiger partial charge in [-0.15, -0.1) is 5.10 Å². The van der Waals surface area contributed by atoms with Crippen molar-refractivity contribution >= 4 is 17.1 Å². The minimum absolute atomic E-state index is 0.627. The summed E-state index contributed by atoms with van der Waals surface area (Å²) in [5, 5.41) is 16.1. The number of rotatable bonds is 0. The topological polar surface area (TPSA) is 120 Å². The predicted octanol–water partition coefficient (Wildman–Crippen LogP) is -0.308. The predicted molar refractivity (Wildman–Crippen MR) is 48.5 cm³/mol. The van der Waals surface area contributed by atoms with Gasteiger partial charge in [0.15, 0.2) is 0 Å². The summed E-state index contributed by atoms with van der Waals surface area (Å²) >= 11 is 0. The number of hydrogen-bond acceptors (Lipinski definition) is 4. The highest BCUT2D eigenvalue weighted by Gasteiger charge is 1.98. The third-order valence-electron chi connectivity index (χ3n) is 1.33. The van der Waals surface area contributed by atoms with E-state index in [1.165, 1.54) is 0 Å². The summed E-state index contributed by atoms with van der Waals surface area (Å²) in [7, 11) is 0. The van der Waals surface area contributed by atoms with E-state index in [1.807, 2.05) is 12.1 Å². The smallest absolute Gasteiger partial charge is 0.309 e. The Hall–Kier alpha value is -2.31. The number of aromatic nitrogens is 3. The van der Waals surface area contributed by atoms with Crippen molar-refractivity contribution in [2.24, 2.45) is 11.5 Å². The Bertz CT molecular complexity index is 434. The van der Waals surface area contributed by atoms with Gasteiger partial charge < -0.3 is 16.7 Å². The molecule has 0 radical (unpaired) electrons. The van der Waals surface area contributed by atoms with E-state index in [1.54, 1.807) is 12.1 Å². The van der Waals surface area contributed by atoms with Crippen molar-refractivity contribution in [3.63, 3.8) is 0 Å². The second-order valence-electron chi connectivity index (χ2n) is 2.37. The minimum atomic E-state index is -0.833. The molecule has 1 aromatic carbocycles. The molecule has 1 heterocycles. The molecule has 0 aliphatic carbocycles. The monoisotopic (exact) mass is 195 g/mol. The lowest BCUT2D eigenvalue weighted by Gasteiger charge is -1.85. The maximum Gasteiger partial charge on any atom is 0.309 e. The molecule has 74 valence electrons. The second-order valence-corrected chi connectivity index (χ2v) is 2.37. The number of carbonyl (C=O) groups is 1. The molecule has 7 heteroatoms. The molecule has 0 fully saturated rings. The maximum absolute atomic E-state index is 9.00. The Kier molecular flexibility index (Phi) is 2.85. The van der Waals surface area contributed by atoms with E-state index < -0.39 is 6.03 Å². The summed E-state index contributed by atoms with van der Waals surface area (Å²) in [6.07, 6.45) is 0. The number of benzene rings is 1. The molecule has 7 nitrogen and oxygen atoms in total. The highest BCUT2D eigenvalue weighted by molar-refractivity contribution is 5.73. The second kappa shape index (κ2) is 4.08. The number of carbonyl (C=O) groups excluding carboxylic acids is 1. The average Bonchev–Trinajstić information content (AvgIpc) is 2.48. The molecule has 0 spiro atoms. The van der Waals surface area contributed by atoms with Crippen molar-refractivity contribution in [1.29, 1.82) is 0 Å². The zero-order chi connectivity index (χ0) is 10.6. The number of para-hydroxylation sites is 1. The number of fused-ring (bicyclic) bond motifs is 1. The van der Waals surface area contributed by atoms with Crippen LogP contribution in [0.15, 0.2) is 24.3 Å². The fourth-order valence-corrected chi connectivity index (χ4v) is 0.857. The van der Waals surface area contributed by atoms with Crippen LogP contribution in [0.25, 0.3) is 11.0 Å². The Morgan fingerprint density at radius 3 is 2.50 bits per heavy atom. The highest BCUT2D eigenvalue weighted by Crippen LogP contribution is 2.06. The summed E-state index contributed by atoms with van der Waals surface area (Å²) in [6, 6.07) is 6.36. The molecule has 0 saturated carbocycles. The van der Waals surface area contributed by atoms with E-state index in [2.05, 4.69) is 21.8 Å². The molecule has 0 aliphatic rings. The molecule has 0 bridgehead atoms. The van der Waals surface area contributed by atoms with Crippen molar-refractivity contribution in [2.45, 2.75) is 0 Å². The van der Waals surface area contributed by atoms with Crippen LogP contribution in [-0.4, -0.2) is 26.4 Å². The molecule has 0 saturated heterocycles. The van der Waals surface area contributed by atoms with Crippen molar-refractivity contribution in [3.05, 3.63) is 24.3 Å². The Labute approximate surface area is 78.9 Å². The standard InChI is InChI=1S/C6H5N3O.CH4N2O/c10-9-6-4-2-1-3-5(6)7-8-9;2-1(3)4/h1-4,10H;(H4,2,3,4). The molecule has 0 aliphatic heterocycles. The van der Waals surface area contributed by atoms with Crippen LogP contribution in [0, 0.1) is 0 Å². The van der Waals surface area contributed by atoms with E-state index in [0.29, 0.717) is 11.0 Å². The molecule has 1 aromatic heterocycles. The van der Waals surface area contributed by atoms with E-state index in [9.17, 15) is 0 Å². The van der Waals surface area contributed by atoms with Crippen LogP contribution >= 0.6 is 0 Å². The van der Waals surface area contributed by atoms with Crippen LogP contribution in [0.1, 0.15) is 0 Å². The third-order valence-corrected chi connectivity index (χ3v) is 1.33. The first-order valence-electron chi connectivity index (χ1n) is 3.66. The normalized spacial score (nSPS) is 9.14. The number of nitrogens with zero attached hydrogens (tertiary/aromatic N) is 3. The van der Waals surface area contributed by atoms with Crippen molar-refractivity contribution < 1.29 is 10.0 Å². The van der Waals surface area contributed by atoms with Gasteiger partial charge >= 0.3 is 6.03 Å². The van der Waals surface area contributed by atoms with E-state index in [-0.39, 0.29) is 0 Å². The molecule has 5 N–H and O–H groups in total. The molecular formula is C7H9N5O2. The van der Waals surface area contributed by atoms with Crippen LogP contribution in [0.4, 0.5) is 4.79 Å². The van der Waals surface area contributed by atoms with Gasteiger partial charge in [-0.25, -0.2) is 4.79 Å². The van der Waals surface area contributed by atoms with Crippen LogP contribution in [0.5, 0.6) is 0 Å². The van der Waals surface area contributed by atoms with Crippen LogP contribution in [0.3, 0.4) is 0 Å². The molecule has 0 atom stereocenters. The van der Waals surface area contributed by atoms with Gasteiger partial charge in [-0.2, -0.15) is 0 Å². The van der Waals surface area contributed by atoms with Gasteiger partial charge in [-0.05, 0) is 17.3 Å². The lowest BCUT2D eigenvalue weighted by Crippen LogP contribution is -2.18. The first kappa shape index (κ1) is 9.78. The summed E-state index contributed by atoms with van der Waals surface area (Å²) < 4.78 is 0. The molecule has 2 amide bonds. The average molecular weight is 195 g/mol. The molecular weight excluding hydrogens is 186 g/mol. The number of urea groups is 1. The summed E-state index contributed by atoms with van der Waals surface area (Å²) in [5.41, 5.74) is 9.83. The molecule has 14 heavy (non-hydrogen) atoms. The first-order valence-corrected chi connectivity index (χ1v) is 3.66. The zero-order valence-electron chi connectivity index (χ0n) is 7.16. The lowest BCUT2D eigenvalue weighted by atomic mass is 10.3.